The molecule has 0 spiro atoms. The molecule has 1 heterocycles. The summed E-state index contributed by atoms with van der Waals surface area (Å²) in [6, 6.07) is 4.82. The zero-order valence-corrected chi connectivity index (χ0v) is 9.97. The molecule has 0 radical (unpaired) electrons. The Hall–Kier alpha value is -2.43. The van der Waals surface area contributed by atoms with Crippen LogP contribution >= 0.6 is 0 Å². The second-order valence-corrected chi connectivity index (χ2v) is 3.63. The molecule has 92 valence electrons. The first-order valence-corrected chi connectivity index (χ1v) is 5.21. The highest BCUT2D eigenvalue weighted by atomic mass is 16.5. The lowest BCUT2D eigenvalue weighted by molar-refractivity contribution is 0.0600. The molecule has 0 aliphatic heterocycles. The smallest absolute Gasteiger partial charge is 0.338 e. The van der Waals surface area contributed by atoms with Gasteiger partial charge >= 0.3 is 5.97 Å². The Kier molecular flexibility index (Phi) is 3.23. The molecule has 0 unspecified atom stereocenters. The van der Waals surface area contributed by atoms with E-state index in [2.05, 4.69) is 9.72 Å². The van der Waals surface area contributed by atoms with Crippen molar-refractivity contribution in [1.29, 1.82) is 0 Å². The first kappa shape index (κ1) is 12.0. The third-order valence-electron chi connectivity index (χ3n) is 2.55. The number of methoxy groups -OCH3 is 2. The second kappa shape index (κ2) is 4.83. The Bertz CT molecular complexity index is 622. The monoisotopic (exact) mass is 245 g/mol. The van der Waals surface area contributed by atoms with Gasteiger partial charge in [-0.2, -0.15) is 0 Å². The summed E-state index contributed by atoms with van der Waals surface area (Å²) in [6.07, 6.45) is 2.15. The molecule has 0 saturated carbocycles. The quantitative estimate of drug-likeness (QED) is 0.609. The lowest BCUT2D eigenvalue weighted by Gasteiger charge is -2.07. The molecule has 18 heavy (non-hydrogen) atoms. The van der Waals surface area contributed by atoms with Crippen molar-refractivity contribution >= 4 is 23.2 Å². The van der Waals surface area contributed by atoms with E-state index in [0.717, 1.165) is 0 Å². The van der Waals surface area contributed by atoms with Gasteiger partial charge in [0.05, 0.1) is 19.8 Å². The Morgan fingerprint density at radius 3 is 2.67 bits per heavy atom. The lowest BCUT2D eigenvalue weighted by atomic mass is 10.1. The van der Waals surface area contributed by atoms with E-state index < -0.39 is 5.97 Å². The number of benzene rings is 1. The minimum atomic E-state index is -0.466. The van der Waals surface area contributed by atoms with E-state index in [0.29, 0.717) is 34.1 Å². The van der Waals surface area contributed by atoms with E-state index in [-0.39, 0.29) is 0 Å². The van der Waals surface area contributed by atoms with E-state index in [4.69, 9.17) is 4.74 Å². The van der Waals surface area contributed by atoms with Crippen molar-refractivity contribution in [2.24, 2.45) is 0 Å². The molecular weight excluding hydrogens is 234 g/mol. The molecule has 0 bridgehead atoms. The van der Waals surface area contributed by atoms with E-state index in [1.165, 1.54) is 20.4 Å². The fourth-order valence-corrected chi connectivity index (χ4v) is 1.69. The third-order valence-corrected chi connectivity index (χ3v) is 2.55. The van der Waals surface area contributed by atoms with Crippen molar-refractivity contribution in [3.8, 4) is 5.75 Å². The minimum absolute atomic E-state index is 0.353. The summed E-state index contributed by atoms with van der Waals surface area (Å²) in [4.78, 5) is 26.4. The molecule has 2 rings (SSSR count). The Morgan fingerprint density at radius 2 is 2.06 bits per heavy atom. The van der Waals surface area contributed by atoms with Gasteiger partial charge in [0.2, 0.25) is 0 Å². The van der Waals surface area contributed by atoms with Crippen molar-refractivity contribution < 1.29 is 19.1 Å². The van der Waals surface area contributed by atoms with E-state index in [1.807, 2.05) is 0 Å². The van der Waals surface area contributed by atoms with Gasteiger partial charge in [-0.1, -0.05) is 0 Å². The van der Waals surface area contributed by atoms with E-state index in [9.17, 15) is 9.59 Å². The van der Waals surface area contributed by atoms with Crippen LogP contribution in [0.15, 0.2) is 24.4 Å². The lowest BCUT2D eigenvalue weighted by Crippen LogP contribution is -2.02. The second-order valence-electron chi connectivity index (χ2n) is 3.63. The van der Waals surface area contributed by atoms with Crippen LogP contribution in [0, 0.1) is 0 Å². The molecule has 5 nitrogen and oxygen atoms in total. The molecule has 0 aliphatic rings. The number of esters is 1. The molecule has 0 N–H and O–H groups in total. The van der Waals surface area contributed by atoms with Crippen LogP contribution in [0.3, 0.4) is 0 Å². The number of hydrogen-bond acceptors (Lipinski definition) is 5. The fraction of sp³-hybridized carbons (Fsp3) is 0.154. The van der Waals surface area contributed by atoms with Gasteiger partial charge in [-0.05, 0) is 18.2 Å². The molecule has 0 saturated heterocycles. The standard InChI is InChI=1S/C13H11NO4/c1-17-11-5-10(13(16)18-2)4-9-3-8(7-15)6-14-12(9)11/h3-7H,1-2H3. The molecule has 2 aromatic rings. The van der Waals surface area contributed by atoms with Gasteiger partial charge in [-0.3, -0.25) is 9.78 Å². The number of carbonyl (C=O) groups is 2. The number of rotatable bonds is 3. The summed E-state index contributed by atoms with van der Waals surface area (Å²) in [5.41, 5.74) is 1.38. The third kappa shape index (κ3) is 2.02. The highest BCUT2D eigenvalue weighted by molar-refractivity contribution is 5.98. The maximum absolute atomic E-state index is 11.5. The highest BCUT2D eigenvalue weighted by Crippen LogP contribution is 2.26. The summed E-state index contributed by atoms with van der Waals surface area (Å²) >= 11 is 0. The summed E-state index contributed by atoms with van der Waals surface area (Å²) < 4.78 is 9.83. The summed E-state index contributed by atoms with van der Waals surface area (Å²) in [7, 11) is 2.80. The van der Waals surface area contributed by atoms with Crippen molar-refractivity contribution in [2.75, 3.05) is 14.2 Å². The molecular formula is C13H11NO4. The zero-order chi connectivity index (χ0) is 13.1. The maximum Gasteiger partial charge on any atom is 0.338 e. The van der Waals surface area contributed by atoms with Crippen LogP contribution in [0.1, 0.15) is 20.7 Å². The number of aromatic nitrogens is 1. The Labute approximate surface area is 103 Å². The maximum atomic E-state index is 11.5. The normalized spacial score (nSPS) is 10.1. The van der Waals surface area contributed by atoms with Crippen molar-refractivity contribution in [1.82, 2.24) is 4.98 Å². The number of aldehydes is 1. The predicted molar refractivity (Wildman–Crippen MR) is 65.0 cm³/mol. The first-order valence-electron chi connectivity index (χ1n) is 5.21. The number of ether oxygens (including phenoxy) is 2. The van der Waals surface area contributed by atoms with Gasteiger partial charge < -0.3 is 9.47 Å². The van der Waals surface area contributed by atoms with Crippen LogP contribution in [0.25, 0.3) is 10.9 Å². The largest absolute Gasteiger partial charge is 0.494 e. The topological polar surface area (TPSA) is 65.5 Å². The minimum Gasteiger partial charge on any atom is -0.494 e. The summed E-state index contributed by atoms with van der Waals surface area (Å²) in [5.74, 6) is -0.00273. The molecule has 1 aromatic carbocycles. The summed E-state index contributed by atoms with van der Waals surface area (Å²) in [5, 5.41) is 0.652. The van der Waals surface area contributed by atoms with Gasteiger partial charge in [0.15, 0.2) is 6.29 Å². The number of carbonyl (C=O) groups excluding carboxylic acids is 2. The number of fused-ring (bicyclic) bond motifs is 1. The van der Waals surface area contributed by atoms with E-state index >= 15 is 0 Å². The molecule has 0 aliphatic carbocycles. The molecule has 0 amide bonds. The van der Waals surface area contributed by atoms with Crippen LogP contribution in [0.4, 0.5) is 0 Å². The molecule has 1 aromatic heterocycles. The predicted octanol–water partition coefficient (Wildman–Crippen LogP) is 1.84. The van der Waals surface area contributed by atoms with Crippen LogP contribution in [0.5, 0.6) is 5.75 Å². The van der Waals surface area contributed by atoms with Gasteiger partial charge in [-0.25, -0.2) is 4.79 Å². The Balaban J connectivity index is 2.71. The average molecular weight is 245 g/mol. The van der Waals surface area contributed by atoms with Crippen molar-refractivity contribution in [2.45, 2.75) is 0 Å². The number of pyridine rings is 1. The molecule has 0 atom stereocenters. The van der Waals surface area contributed by atoms with Crippen molar-refractivity contribution in [3.63, 3.8) is 0 Å². The number of hydrogen-bond donors (Lipinski definition) is 0. The summed E-state index contributed by atoms with van der Waals surface area (Å²) in [6.45, 7) is 0. The van der Waals surface area contributed by atoms with Gasteiger partial charge in [0.1, 0.15) is 11.3 Å². The molecule has 0 fully saturated rings. The van der Waals surface area contributed by atoms with Crippen LogP contribution in [0.2, 0.25) is 0 Å². The van der Waals surface area contributed by atoms with Crippen LogP contribution < -0.4 is 4.74 Å². The highest BCUT2D eigenvalue weighted by Gasteiger charge is 2.12. The van der Waals surface area contributed by atoms with Crippen LogP contribution in [-0.2, 0) is 4.74 Å². The van der Waals surface area contributed by atoms with Crippen molar-refractivity contribution in [3.05, 3.63) is 35.5 Å². The van der Waals surface area contributed by atoms with Gasteiger partial charge in [-0.15, -0.1) is 0 Å². The first-order chi connectivity index (χ1) is 8.69. The average Bonchev–Trinajstić information content (AvgIpc) is 2.44. The number of nitrogens with zero attached hydrogens (tertiary/aromatic N) is 1. The molecule has 5 heteroatoms. The van der Waals surface area contributed by atoms with Gasteiger partial charge in [0, 0.05) is 17.1 Å². The SMILES string of the molecule is COC(=O)c1cc(OC)c2ncc(C=O)cc2c1. The zero-order valence-electron chi connectivity index (χ0n) is 9.97. The van der Waals surface area contributed by atoms with Crippen LogP contribution in [-0.4, -0.2) is 31.5 Å². The van der Waals surface area contributed by atoms with E-state index in [1.54, 1.807) is 18.2 Å². The van der Waals surface area contributed by atoms with Gasteiger partial charge in [0.25, 0.3) is 0 Å². The fourth-order valence-electron chi connectivity index (χ4n) is 1.69. The Morgan fingerprint density at radius 1 is 1.28 bits per heavy atom.